The third-order valence-corrected chi connectivity index (χ3v) is 2.33. The number of aromatic nitrogens is 1. The van der Waals surface area contributed by atoms with E-state index < -0.39 is 5.97 Å². The molecule has 1 amide bonds. The van der Waals surface area contributed by atoms with E-state index in [1.165, 1.54) is 0 Å². The Balaban J connectivity index is 2.49. The second-order valence-corrected chi connectivity index (χ2v) is 3.60. The average molecular weight is 218 g/mol. The molecule has 82 valence electrons. The molecule has 0 atom stereocenters. The number of carboxylic acids is 1. The molecule has 1 aromatic rings. The monoisotopic (exact) mass is 218 g/mol. The summed E-state index contributed by atoms with van der Waals surface area (Å²) < 4.78 is 0. The maximum absolute atomic E-state index is 11.2. The molecule has 1 aliphatic heterocycles. The van der Waals surface area contributed by atoms with Crippen LogP contribution >= 0.6 is 0 Å². The van der Waals surface area contributed by atoms with Crippen molar-refractivity contribution >= 4 is 17.6 Å². The van der Waals surface area contributed by atoms with Crippen LogP contribution in [0.2, 0.25) is 0 Å². The van der Waals surface area contributed by atoms with Crippen LogP contribution in [0, 0.1) is 6.92 Å². The van der Waals surface area contributed by atoms with Crippen molar-refractivity contribution in [3.05, 3.63) is 35.2 Å². The topological polar surface area (TPSA) is 79.3 Å². The maximum Gasteiger partial charge on any atom is 0.334 e. The molecule has 0 aliphatic carbocycles. The van der Waals surface area contributed by atoms with Gasteiger partial charge in [0.2, 0.25) is 5.91 Å². The van der Waals surface area contributed by atoms with Crippen molar-refractivity contribution in [3.63, 3.8) is 0 Å². The zero-order valence-corrected chi connectivity index (χ0v) is 8.65. The van der Waals surface area contributed by atoms with Gasteiger partial charge in [-0.3, -0.25) is 9.78 Å². The highest BCUT2D eigenvalue weighted by atomic mass is 16.4. The fourth-order valence-electron chi connectivity index (χ4n) is 1.58. The van der Waals surface area contributed by atoms with E-state index in [2.05, 4.69) is 10.3 Å². The standard InChI is InChI=1S/C11H10N2O3/c1-6-2-3-12-8(4-6)10-7(11(15)16)5-9(14)13-10/h2-4H,5H2,1H3,(H,13,14)(H,15,16). The van der Waals surface area contributed by atoms with Crippen LogP contribution in [0.25, 0.3) is 5.70 Å². The number of nitrogens with zero attached hydrogens (tertiary/aromatic N) is 1. The zero-order valence-electron chi connectivity index (χ0n) is 8.65. The summed E-state index contributed by atoms with van der Waals surface area (Å²) in [5, 5.41) is 11.5. The molecule has 0 radical (unpaired) electrons. The number of aliphatic carboxylic acids is 1. The van der Waals surface area contributed by atoms with Gasteiger partial charge < -0.3 is 10.4 Å². The molecule has 2 rings (SSSR count). The molecule has 16 heavy (non-hydrogen) atoms. The van der Waals surface area contributed by atoms with Gasteiger partial charge >= 0.3 is 5.97 Å². The van der Waals surface area contributed by atoms with Gasteiger partial charge in [0.25, 0.3) is 0 Å². The Hall–Kier alpha value is -2.17. The maximum atomic E-state index is 11.2. The van der Waals surface area contributed by atoms with Crippen molar-refractivity contribution < 1.29 is 14.7 Å². The summed E-state index contributed by atoms with van der Waals surface area (Å²) in [6.07, 6.45) is 1.49. The SMILES string of the molecule is Cc1ccnc(C2=C(C(=O)O)CC(=O)N2)c1. The molecule has 5 nitrogen and oxygen atoms in total. The second-order valence-electron chi connectivity index (χ2n) is 3.60. The number of nitrogens with one attached hydrogen (secondary N) is 1. The lowest BCUT2D eigenvalue weighted by molar-refractivity contribution is -0.133. The lowest BCUT2D eigenvalue weighted by Gasteiger charge is -2.04. The highest BCUT2D eigenvalue weighted by Crippen LogP contribution is 2.23. The molecule has 2 N–H and O–H groups in total. The minimum atomic E-state index is -1.09. The molecule has 0 aromatic carbocycles. The Morgan fingerprint density at radius 2 is 2.31 bits per heavy atom. The number of carbonyl (C=O) groups is 2. The number of carboxylic acid groups (broad SMARTS) is 1. The quantitative estimate of drug-likeness (QED) is 0.766. The normalized spacial score (nSPS) is 15.2. The molecular weight excluding hydrogens is 208 g/mol. The van der Waals surface area contributed by atoms with E-state index >= 15 is 0 Å². The first-order valence-corrected chi connectivity index (χ1v) is 4.77. The Morgan fingerprint density at radius 1 is 1.56 bits per heavy atom. The van der Waals surface area contributed by atoms with Crippen LogP contribution in [-0.2, 0) is 9.59 Å². The zero-order chi connectivity index (χ0) is 11.7. The Morgan fingerprint density at radius 3 is 2.94 bits per heavy atom. The number of pyridine rings is 1. The molecule has 0 saturated heterocycles. The Bertz CT molecular complexity index is 506. The van der Waals surface area contributed by atoms with E-state index in [1.807, 2.05) is 6.92 Å². The third-order valence-electron chi connectivity index (χ3n) is 2.33. The van der Waals surface area contributed by atoms with Gasteiger partial charge in [-0.2, -0.15) is 0 Å². The van der Waals surface area contributed by atoms with Crippen molar-refractivity contribution in [2.75, 3.05) is 0 Å². The van der Waals surface area contributed by atoms with E-state index in [-0.39, 0.29) is 17.9 Å². The minimum Gasteiger partial charge on any atom is -0.478 e. The Labute approximate surface area is 91.8 Å². The van der Waals surface area contributed by atoms with E-state index in [0.29, 0.717) is 11.4 Å². The van der Waals surface area contributed by atoms with Gasteiger partial charge in [-0.1, -0.05) is 0 Å². The predicted octanol–water partition coefficient (Wildman–Crippen LogP) is 0.706. The molecule has 0 unspecified atom stereocenters. The van der Waals surface area contributed by atoms with Crippen molar-refractivity contribution in [2.24, 2.45) is 0 Å². The molecule has 1 aliphatic rings. The van der Waals surface area contributed by atoms with Crippen molar-refractivity contribution in [2.45, 2.75) is 13.3 Å². The molecule has 0 fully saturated rings. The van der Waals surface area contributed by atoms with E-state index in [4.69, 9.17) is 5.11 Å². The van der Waals surface area contributed by atoms with Gasteiger partial charge in [0, 0.05) is 6.20 Å². The van der Waals surface area contributed by atoms with Crippen LogP contribution in [0.15, 0.2) is 23.9 Å². The molecule has 0 bridgehead atoms. The van der Waals surface area contributed by atoms with Crippen LogP contribution in [0.5, 0.6) is 0 Å². The minimum absolute atomic E-state index is 0.0723. The third kappa shape index (κ3) is 1.79. The molecule has 5 heteroatoms. The summed E-state index contributed by atoms with van der Waals surface area (Å²) in [5.41, 5.74) is 1.83. The summed E-state index contributed by atoms with van der Waals surface area (Å²) in [6, 6.07) is 3.55. The number of hydrogen-bond donors (Lipinski definition) is 2. The lowest BCUT2D eigenvalue weighted by Crippen LogP contribution is -2.14. The smallest absolute Gasteiger partial charge is 0.334 e. The summed E-state index contributed by atoms with van der Waals surface area (Å²) in [7, 11) is 0. The van der Waals surface area contributed by atoms with Crippen LogP contribution in [-0.4, -0.2) is 22.0 Å². The first-order chi connectivity index (χ1) is 7.58. The van der Waals surface area contributed by atoms with Gasteiger partial charge in [0.05, 0.1) is 23.4 Å². The van der Waals surface area contributed by atoms with Crippen molar-refractivity contribution in [1.29, 1.82) is 0 Å². The number of amides is 1. The lowest BCUT2D eigenvalue weighted by atomic mass is 10.1. The number of hydrogen-bond acceptors (Lipinski definition) is 3. The van der Waals surface area contributed by atoms with Crippen LogP contribution in [0.4, 0.5) is 0 Å². The largest absolute Gasteiger partial charge is 0.478 e. The van der Waals surface area contributed by atoms with Crippen molar-refractivity contribution in [3.8, 4) is 0 Å². The summed E-state index contributed by atoms with van der Waals surface area (Å²) in [6.45, 7) is 1.88. The first kappa shape index (κ1) is 10.4. The molecular formula is C11H10N2O3. The van der Waals surface area contributed by atoms with E-state index in [1.54, 1.807) is 18.3 Å². The number of rotatable bonds is 2. The highest BCUT2D eigenvalue weighted by Gasteiger charge is 2.27. The van der Waals surface area contributed by atoms with E-state index in [9.17, 15) is 9.59 Å². The fourth-order valence-corrected chi connectivity index (χ4v) is 1.58. The van der Waals surface area contributed by atoms with Gasteiger partial charge in [0.15, 0.2) is 0 Å². The average Bonchev–Trinajstić information content (AvgIpc) is 2.60. The number of carbonyl (C=O) groups excluding carboxylic acids is 1. The predicted molar refractivity (Wildman–Crippen MR) is 56.3 cm³/mol. The summed E-state index contributed by atoms with van der Waals surface area (Å²) in [4.78, 5) is 26.2. The van der Waals surface area contributed by atoms with Crippen LogP contribution in [0.3, 0.4) is 0 Å². The molecule has 0 spiro atoms. The highest BCUT2D eigenvalue weighted by molar-refractivity contribution is 6.08. The summed E-state index contributed by atoms with van der Waals surface area (Å²) >= 11 is 0. The van der Waals surface area contributed by atoms with Gasteiger partial charge in [-0.15, -0.1) is 0 Å². The van der Waals surface area contributed by atoms with E-state index in [0.717, 1.165) is 5.56 Å². The van der Waals surface area contributed by atoms with Crippen LogP contribution in [0.1, 0.15) is 17.7 Å². The van der Waals surface area contributed by atoms with Gasteiger partial charge in [0.1, 0.15) is 0 Å². The second kappa shape index (κ2) is 3.77. The first-order valence-electron chi connectivity index (χ1n) is 4.77. The Kier molecular flexibility index (Phi) is 2.44. The summed E-state index contributed by atoms with van der Waals surface area (Å²) in [5.74, 6) is -1.40. The van der Waals surface area contributed by atoms with Gasteiger partial charge in [-0.05, 0) is 24.6 Å². The molecule has 0 saturated carbocycles. The molecule has 2 heterocycles. The van der Waals surface area contributed by atoms with Gasteiger partial charge in [-0.25, -0.2) is 4.79 Å². The fraction of sp³-hybridized carbons (Fsp3) is 0.182. The number of aryl methyl sites for hydroxylation is 1. The molecule has 1 aromatic heterocycles. The van der Waals surface area contributed by atoms with Crippen LogP contribution < -0.4 is 5.32 Å². The van der Waals surface area contributed by atoms with Crippen molar-refractivity contribution in [1.82, 2.24) is 10.3 Å².